The minimum absolute atomic E-state index is 0.141. The van der Waals surface area contributed by atoms with Crippen LogP contribution in [-0.2, 0) is 9.59 Å². The first-order valence-electron chi connectivity index (χ1n) is 9.29. The maximum atomic E-state index is 12.6. The quantitative estimate of drug-likeness (QED) is 0.734. The Morgan fingerprint density at radius 3 is 2.82 bits per heavy atom. The molecular formula is C18H21N5O4S. The summed E-state index contributed by atoms with van der Waals surface area (Å²) in [7, 11) is 1.52. The highest BCUT2D eigenvalue weighted by Crippen LogP contribution is 2.38. The molecule has 2 fully saturated rings. The second kappa shape index (κ2) is 7.70. The van der Waals surface area contributed by atoms with Crippen molar-refractivity contribution in [1.29, 1.82) is 0 Å². The number of ether oxygens (including phenoxy) is 1. The van der Waals surface area contributed by atoms with Crippen molar-refractivity contribution in [3.8, 4) is 17.0 Å². The lowest BCUT2D eigenvalue weighted by molar-refractivity contribution is -0.136. The predicted molar refractivity (Wildman–Crippen MR) is 101 cm³/mol. The number of methoxy groups -OCH3 is 1. The topological polar surface area (TPSA) is 115 Å². The van der Waals surface area contributed by atoms with Crippen LogP contribution < -0.4 is 15.4 Å². The van der Waals surface area contributed by atoms with Crippen molar-refractivity contribution in [2.24, 2.45) is 0 Å². The largest absolute Gasteiger partial charge is 0.494 e. The number of nitrogens with zero attached hydrogens (tertiary/aromatic N) is 3. The lowest BCUT2D eigenvalue weighted by atomic mass is 10.1. The molecule has 3 heterocycles. The predicted octanol–water partition coefficient (Wildman–Crippen LogP) is 1.67. The molecule has 1 atom stereocenters. The fourth-order valence-electron chi connectivity index (χ4n) is 3.69. The Morgan fingerprint density at radius 1 is 1.32 bits per heavy atom. The van der Waals surface area contributed by atoms with Gasteiger partial charge in [0.2, 0.25) is 5.91 Å². The van der Waals surface area contributed by atoms with Gasteiger partial charge in [-0.2, -0.15) is 0 Å². The number of rotatable bonds is 5. The first kappa shape index (κ1) is 18.6. The molecule has 1 saturated carbocycles. The smallest absolute Gasteiger partial charge is 0.265 e. The van der Waals surface area contributed by atoms with Crippen LogP contribution >= 0.6 is 11.3 Å². The van der Waals surface area contributed by atoms with Gasteiger partial charge in [-0.1, -0.05) is 18.1 Å². The third-order valence-corrected chi connectivity index (χ3v) is 6.12. The van der Waals surface area contributed by atoms with E-state index in [2.05, 4.69) is 20.9 Å². The molecule has 2 aliphatic rings. The van der Waals surface area contributed by atoms with E-state index >= 15 is 0 Å². The number of thiophene rings is 1. The Balaban J connectivity index is 1.55. The zero-order valence-electron chi connectivity index (χ0n) is 15.4. The highest BCUT2D eigenvalue weighted by Gasteiger charge is 2.30. The minimum atomic E-state index is -0.575. The molecule has 2 aromatic heterocycles. The van der Waals surface area contributed by atoms with Gasteiger partial charge in [0.25, 0.3) is 11.8 Å². The lowest BCUT2D eigenvalue weighted by Crippen LogP contribution is -2.41. The van der Waals surface area contributed by atoms with Gasteiger partial charge in [0.05, 0.1) is 18.9 Å². The number of nitrogens with one attached hydrogen (secondary N) is 2. The zero-order valence-corrected chi connectivity index (χ0v) is 16.3. The van der Waals surface area contributed by atoms with Crippen molar-refractivity contribution in [1.82, 2.24) is 25.6 Å². The van der Waals surface area contributed by atoms with E-state index in [1.807, 2.05) is 0 Å². The number of imide groups is 1. The third kappa shape index (κ3) is 3.51. The summed E-state index contributed by atoms with van der Waals surface area (Å²) in [6.07, 6.45) is 6.58. The molecule has 10 heteroatoms. The summed E-state index contributed by atoms with van der Waals surface area (Å²) in [5.41, 5.74) is 1.17. The number of carbonyl (C=O) groups is 3. The Hall–Kier alpha value is -2.75. The average molecular weight is 403 g/mol. The van der Waals surface area contributed by atoms with Gasteiger partial charge in [0, 0.05) is 17.8 Å². The summed E-state index contributed by atoms with van der Waals surface area (Å²) in [4.78, 5) is 36.5. The summed E-state index contributed by atoms with van der Waals surface area (Å²) in [5.74, 6) is -0.353. The van der Waals surface area contributed by atoms with E-state index in [9.17, 15) is 14.4 Å². The number of aromatic nitrogens is 3. The van der Waals surface area contributed by atoms with E-state index in [-0.39, 0.29) is 30.2 Å². The average Bonchev–Trinajstić information content (AvgIpc) is 3.41. The summed E-state index contributed by atoms with van der Waals surface area (Å²) in [6, 6.07) is -0.357. The van der Waals surface area contributed by atoms with Gasteiger partial charge >= 0.3 is 0 Å². The van der Waals surface area contributed by atoms with E-state index in [1.54, 1.807) is 11.6 Å². The van der Waals surface area contributed by atoms with Gasteiger partial charge in [-0.25, -0.2) is 4.68 Å². The summed E-state index contributed by atoms with van der Waals surface area (Å²) in [5, 5.41) is 15.4. The highest BCUT2D eigenvalue weighted by atomic mass is 32.1. The van der Waals surface area contributed by atoms with Gasteiger partial charge in [-0.05, 0) is 19.3 Å². The Labute approximate surface area is 165 Å². The first-order chi connectivity index (χ1) is 13.6. The molecule has 1 unspecified atom stereocenters. The molecular weight excluding hydrogens is 382 g/mol. The normalized spacial score (nSPS) is 20.2. The van der Waals surface area contributed by atoms with Crippen molar-refractivity contribution in [3.63, 3.8) is 0 Å². The van der Waals surface area contributed by atoms with Crippen molar-refractivity contribution in [2.75, 3.05) is 7.11 Å². The molecule has 28 heavy (non-hydrogen) atoms. The summed E-state index contributed by atoms with van der Waals surface area (Å²) < 4.78 is 6.95. The van der Waals surface area contributed by atoms with Crippen molar-refractivity contribution in [2.45, 2.75) is 50.6 Å². The standard InChI is InChI=1S/C18H21N5O4S/c1-27-15-11(9-28-16(15)18(26)19-10-4-2-3-5-10)12-8-23(22-21-12)13-6-7-14(24)20-17(13)25/h8-10,13H,2-7H2,1H3,(H,19,26)(H,20,24,25). The van der Waals surface area contributed by atoms with Gasteiger partial charge in [0.15, 0.2) is 5.75 Å². The van der Waals surface area contributed by atoms with Crippen LogP contribution in [0, 0.1) is 0 Å². The third-order valence-electron chi connectivity index (χ3n) is 5.16. The molecule has 3 amide bonds. The van der Waals surface area contributed by atoms with Crippen molar-refractivity contribution < 1.29 is 19.1 Å². The molecule has 2 N–H and O–H groups in total. The second-order valence-electron chi connectivity index (χ2n) is 7.02. The van der Waals surface area contributed by atoms with E-state index in [4.69, 9.17) is 4.74 Å². The lowest BCUT2D eigenvalue weighted by Gasteiger charge is -2.20. The van der Waals surface area contributed by atoms with Gasteiger partial charge in [-0.15, -0.1) is 16.4 Å². The molecule has 4 rings (SSSR count). The van der Waals surface area contributed by atoms with E-state index < -0.39 is 6.04 Å². The van der Waals surface area contributed by atoms with E-state index in [1.165, 1.54) is 23.1 Å². The highest BCUT2D eigenvalue weighted by molar-refractivity contribution is 7.13. The number of hydrogen-bond donors (Lipinski definition) is 2. The number of hydrogen-bond acceptors (Lipinski definition) is 7. The van der Waals surface area contributed by atoms with Crippen LogP contribution in [0.3, 0.4) is 0 Å². The fourth-order valence-corrected chi connectivity index (χ4v) is 4.62. The van der Waals surface area contributed by atoms with Crippen LogP contribution in [0.1, 0.15) is 54.2 Å². The van der Waals surface area contributed by atoms with Crippen molar-refractivity contribution >= 4 is 29.1 Å². The van der Waals surface area contributed by atoms with Gasteiger partial charge in [0.1, 0.15) is 16.6 Å². The number of piperidine rings is 1. The van der Waals surface area contributed by atoms with Crippen LogP contribution in [-0.4, -0.2) is 45.9 Å². The van der Waals surface area contributed by atoms with Crippen molar-refractivity contribution in [3.05, 3.63) is 16.5 Å². The summed E-state index contributed by atoms with van der Waals surface area (Å²) in [6.45, 7) is 0. The molecule has 0 radical (unpaired) electrons. The second-order valence-corrected chi connectivity index (χ2v) is 7.90. The van der Waals surface area contributed by atoms with Crippen LogP contribution in [0.4, 0.5) is 0 Å². The Bertz CT molecular complexity index is 915. The molecule has 0 spiro atoms. The fraction of sp³-hybridized carbons (Fsp3) is 0.500. The zero-order chi connectivity index (χ0) is 19.7. The summed E-state index contributed by atoms with van der Waals surface area (Å²) >= 11 is 1.29. The van der Waals surface area contributed by atoms with Gasteiger partial charge in [-0.3, -0.25) is 19.7 Å². The minimum Gasteiger partial charge on any atom is -0.494 e. The molecule has 1 saturated heterocycles. The molecule has 9 nitrogen and oxygen atoms in total. The van der Waals surface area contributed by atoms with E-state index in [0.717, 1.165) is 25.7 Å². The SMILES string of the molecule is COc1c(-c2cn(C3CCC(=O)NC3=O)nn2)csc1C(=O)NC1CCCC1. The van der Waals surface area contributed by atoms with Crippen LogP contribution in [0.15, 0.2) is 11.6 Å². The molecule has 1 aliphatic heterocycles. The van der Waals surface area contributed by atoms with Crippen LogP contribution in [0.5, 0.6) is 5.75 Å². The molecule has 1 aliphatic carbocycles. The van der Waals surface area contributed by atoms with Gasteiger partial charge < -0.3 is 10.1 Å². The van der Waals surface area contributed by atoms with Crippen LogP contribution in [0.2, 0.25) is 0 Å². The maximum Gasteiger partial charge on any atom is 0.265 e. The Kier molecular flexibility index (Phi) is 5.12. The maximum absolute atomic E-state index is 12.6. The molecule has 0 aromatic carbocycles. The van der Waals surface area contributed by atoms with E-state index in [0.29, 0.717) is 28.3 Å². The molecule has 0 bridgehead atoms. The number of amides is 3. The van der Waals surface area contributed by atoms with Crippen LogP contribution in [0.25, 0.3) is 11.3 Å². The molecule has 148 valence electrons. The number of carbonyl (C=O) groups excluding carboxylic acids is 3. The first-order valence-corrected chi connectivity index (χ1v) is 10.2. The Morgan fingerprint density at radius 2 is 2.11 bits per heavy atom. The molecule has 2 aromatic rings. The monoisotopic (exact) mass is 403 g/mol.